The van der Waals surface area contributed by atoms with Crippen LogP contribution in [0.25, 0.3) is 0 Å². The van der Waals surface area contributed by atoms with Crippen molar-refractivity contribution < 1.29 is 37.4 Å². The van der Waals surface area contributed by atoms with Gasteiger partial charge in [-0.05, 0) is 38.5 Å². The van der Waals surface area contributed by atoms with E-state index in [0.717, 1.165) is 11.1 Å². The number of hydrogen-bond acceptors (Lipinski definition) is 8. The molecule has 2 saturated heterocycles. The van der Waals surface area contributed by atoms with Gasteiger partial charge in [-0.25, -0.2) is 4.79 Å². The molecule has 2 fully saturated rings. The summed E-state index contributed by atoms with van der Waals surface area (Å²) >= 11 is 0. The summed E-state index contributed by atoms with van der Waals surface area (Å²) in [5.74, 6) is 0. The van der Waals surface area contributed by atoms with E-state index in [0.29, 0.717) is 4.90 Å². The lowest BCUT2D eigenvalue weighted by molar-refractivity contribution is -0.324. The maximum atomic E-state index is 13.9. The predicted octanol–water partition coefficient (Wildman–Crippen LogP) is 5.54. The smallest absolute Gasteiger partial charge is 0.429 e. The number of benzene rings is 3. The van der Waals surface area contributed by atoms with Gasteiger partial charge in [0.05, 0.1) is 24.0 Å². The topological polar surface area (TPSA) is 89.5 Å². The van der Waals surface area contributed by atoms with Gasteiger partial charge in [0.15, 0.2) is 17.8 Å². The average molecular weight is 567 g/mol. The molecule has 7 atom stereocenters. The second-order valence-electron chi connectivity index (χ2n) is 10.6. The molecule has 5 rings (SSSR count). The zero-order chi connectivity index (χ0) is 28.1. The van der Waals surface area contributed by atoms with Gasteiger partial charge in [-0.2, -0.15) is 0 Å². The molecule has 0 bridgehead atoms. The number of ether oxygens (including phenoxy) is 6. The number of fused-ring (bicyclic) bond motifs is 1. The van der Waals surface area contributed by atoms with E-state index in [1.807, 2.05) is 78.9 Å². The first-order chi connectivity index (χ1) is 19.3. The van der Waals surface area contributed by atoms with Gasteiger partial charge in [-0.15, -0.1) is 0 Å². The molecule has 0 aliphatic carbocycles. The minimum Gasteiger partial charge on any atom is -0.429 e. The van der Waals surface area contributed by atoms with E-state index in [9.17, 15) is 9.00 Å². The Bertz CT molecular complexity index is 1260. The molecular formula is C31H34O8S. The highest BCUT2D eigenvalue weighted by Gasteiger charge is 2.54. The van der Waals surface area contributed by atoms with Crippen molar-refractivity contribution in [2.24, 2.45) is 0 Å². The fraction of sp³-hybridized carbons (Fsp3) is 0.387. The third-order valence-electron chi connectivity index (χ3n) is 6.45. The molecule has 2 heterocycles. The van der Waals surface area contributed by atoms with Gasteiger partial charge < -0.3 is 28.4 Å². The third kappa shape index (κ3) is 6.97. The van der Waals surface area contributed by atoms with Crippen molar-refractivity contribution in [3.8, 4) is 0 Å². The maximum Gasteiger partial charge on any atom is 0.509 e. The van der Waals surface area contributed by atoms with Crippen molar-refractivity contribution in [3.63, 3.8) is 0 Å². The minimum absolute atomic E-state index is 0.145. The summed E-state index contributed by atoms with van der Waals surface area (Å²) in [5.41, 5.74) is -0.0360. The quantitative estimate of drug-likeness (QED) is 0.345. The standard InChI is InChI=1S/C31H34O8S/c1-31(2,3)39-30(32)38-26-25-24(20-35-28(37-25)22-15-9-5-10-16-22)36-29(40(33)23-17-11-6-12-18-23)27(26)34-19-21-13-7-4-8-14-21/h4-18,24-29H,19-20H2,1-3H3/t24-,25-,26+,27+,28-,29-,40-/m1/s1. The Morgan fingerprint density at radius 1 is 0.875 bits per heavy atom. The van der Waals surface area contributed by atoms with E-state index in [4.69, 9.17) is 28.4 Å². The number of carbonyl (C=O) groups excluding carboxylic acids is 1. The second-order valence-corrected chi connectivity index (χ2v) is 12.2. The molecule has 0 saturated carbocycles. The van der Waals surface area contributed by atoms with Gasteiger partial charge in [0, 0.05) is 10.5 Å². The molecule has 9 heteroatoms. The second kappa shape index (κ2) is 12.6. The molecule has 2 aliphatic rings. The van der Waals surface area contributed by atoms with E-state index in [1.165, 1.54) is 0 Å². The van der Waals surface area contributed by atoms with Crippen LogP contribution in [-0.2, 0) is 45.8 Å². The first kappa shape index (κ1) is 28.4. The van der Waals surface area contributed by atoms with Gasteiger partial charge >= 0.3 is 6.16 Å². The molecule has 0 amide bonds. The van der Waals surface area contributed by atoms with Crippen LogP contribution in [0.3, 0.4) is 0 Å². The lowest BCUT2D eigenvalue weighted by Gasteiger charge is -2.48. The van der Waals surface area contributed by atoms with Gasteiger partial charge in [-0.3, -0.25) is 4.21 Å². The minimum atomic E-state index is -1.66. The van der Waals surface area contributed by atoms with Crippen LogP contribution >= 0.6 is 0 Å². The molecule has 3 aromatic carbocycles. The number of carbonyl (C=O) groups is 1. The van der Waals surface area contributed by atoms with Gasteiger partial charge in [0.1, 0.15) is 23.9 Å². The molecule has 0 spiro atoms. The Morgan fingerprint density at radius 2 is 1.50 bits per heavy atom. The summed E-state index contributed by atoms with van der Waals surface area (Å²) in [6.45, 7) is 5.60. The summed E-state index contributed by atoms with van der Waals surface area (Å²) in [4.78, 5) is 13.6. The molecule has 0 unspecified atom stereocenters. The van der Waals surface area contributed by atoms with Crippen LogP contribution in [0.4, 0.5) is 4.79 Å². The third-order valence-corrected chi connectivity index (χ3v) is 7.99. The van der Waals surface area contributed by atoms with Crippen molar-refractivity contribution >= 4 is 17.0 Å². The summed E-state index contributed by atoms with van der Waals surface area (Å²) in [5, 5.41) is 0. The molecule has 2 aliphatic heterocycles. The van der Waals surface area contributed by atoms with Crippen LogP contribution < -0.4 is 0 Å². The number of rotatable bonds is 7. The van der Waals surface area contributed by atoms with Crippen LogP contribution in [0.2, 0.25) is 0 Å². The summed E-state index contributed by atoms with van der Waals surface area (Å²) in [6.07, 6.45) is -4.95. The average Bonchev–Trinajstić information content (AvgIpc) is 2.96. The SMILES string of the molecule is CC(C)(C)OC(=O)O[C@H]1[C@@H]2O[C@H](c3ccccc3)OC[C@H]2O[C@H]([S@](=O)c2ccccc2)[C@H]1OCc1ccccc1. The van der Waals surface area contributed by atoms with Crippen molar-refractivity contribution in [2.75, 3.05) is 6.61 Å². The highest BCUT2D eigenvalue weighted by atomic mass is 32.2. The highest BCUT2D eigenvalue weighted by molar-refractivity contribution is 7.85. The first-order valence-electron chi connectivity index (χ1n) is 13.3. The molecule has 0 aromatic heterocycles. The summed E-state index contributed by atoms with van der Waals surface area (Å²) in [6, 6.07) is 28.1. The zero-order valence-electron chi connectivity index (χ0n) is 22.7. The molecular weight excluding hydrogens is 532 g/mol. The Labute approximate surface area is 236 Å². The van der Waals surface area contributed by atoms with Gasteiger partial charge in [0.2, 0.25) is 0 Å². The van der Waals surface area contributed by atoms with E-state index in [1.54, 1.807) is 32.9 Å². The van der Waals surface area contributed by atoms with E-state index in [-0.39, 0.29) is 13.2 Å². The lowest BCUT2D eigenvalue weighted by Crippen LogP contribution is -2.64. The number of hydrogen-bond donors (Lipinski definition) is 0. The van der Waals surface area contributed by atoms with Crippen LogP contribution in [-0.4, -0.2) is 52.4 Å². The lowest BCUT2D eigenvalue weighted by atomic mass is 9.98. The van der Waals surface area contributed by atoms with Gasteiger partial charge in [0.25, 0.3) is 0 Å². The van der Waals surface area contributed by atoms with Crippen molar-refractivity contribution in [3.05, 3.63) is 102 Å². The van der Waals surface area contributed by atoms with Crippen LogP contribution in [0.15, 0.2) is 95.9 Å². The Morgan fingerprint density at radius 3 is 2.15 bits per heavy atom. The van der Waals surface area contributed by atoms with Crippen LogP contribution in [0.1, 0.15) is 38.2 Å². The van der Waals surface area contributed by atoms with Gasteiger partial charge in [-0.1, -0.05) is 78.9 Å². The summed E-state index contributed by atoms with van der Waals surface area (Å²) in [7, 11) is -1.66. The fourth-order valence-corrected chi connectivity index (χ4v) is 6.06. The molecule has 3 aromatic rings. The van der Waals surface area contributed by atoms with Crippen LogP contribution in [0, 0.1) is 0 Å². The monoisotopic (exact) mass is 566 g/mol. The Hall–Kier alpha value is -3.08. The first-order valence-corrected chi connectivity index (χ1v) is 14.5. The molecule has 0 radical (unpaired) electrons. The van der Waals surface area contributed by atoms with Crippen molar-refractivity contribution in [1.82, 2.24) is 0 Å². The largest absolute Gasteiger partial charge is 0.509 e. The van der Waals surface area contributed by atoms with E-state index in [2.05, 4.69) is 0 Å². The Kier molecular flexibility index (Phi) is 8.97. The summed E-state index contributed by atoms with van der Waals surface area (Å²) < 4.78 is 50.5. The fourth-order valence-electron chi connectivity index (χ4n) is 4.65. The van der Waals surface area contributed by atoms with Crippen molar-refractivity contribution in [1.29, 1.82) is 0 Å². The Balaban J connectivity index is 1.49. The highest BCUT2D eigenvalue weighted by Crippen LogP contribution is 2.38. The zero-order valence-corrected chi connectivity index (χ0v) is 23.5. The van der Waals surface area contributed by atoms with E-state index >= 15 is 0 Å². The normalized spacial score (nSPS) is 27.3. The predicted molar refractivity (Wildman–Crippen MR) is 148 cm³/mol. The molecule has 40 heavy (non-hydrogen) atoms. The molecule has 212 valence electrons. The van der Waals surface area contributed by atoms with Crippen LogP contribution in [0.5, 0.6) is 0 Å². The molecule has 0 N–H and O–H groups in total. The van der Waals surface area contributed by atoms with E-state index < -0.39 is 58.7 Å². The van der Waals surface area contributed by atoms with Crippen molar-refractivity contribution in [2.45, 2.75) is 74.0 Å². The maximum absolute atomic E-state index is 13.9. The molecule has 8 nitrogen and oxygen atoms in total.